The monoisotopic (exact) mass is 275 g/mol. The molecule has 1 aromatic carbocycles. The van der Waals surface area contributed by atoms with E-state index in [4.69, 9.17) is 4.74 Å². The van der Waals surface area contributed by atoms with E-state index in [0.717, 1.165) is 12.3 Å². The molecule has 19 heavy (non-hydrogen) atoms. The first-order valence-electron chi connectivity index (χ1n) is 6.75. The van der Waals surface area contributed by atoms with Crippen LogP contribution in [0.3, 0.4) is 0 Å². The lowest BCUT2D eigenvalue weighted by molar-refractivity contribution is 0.333. The highest BCUT2D eigenvalue weighted by Crippen LogP contribution is 2.32. The van der Waals surface area contributed by atoms with Gasteiger partial charge in [0, 0.05) is 5.56 Å². The zero-order valence-corrected chi connectivity index (χ0v) is 12.6. The van der Waals surface area contributed by atoms with Gasteiger partial charge in [-0.25, -0.2) is 0 Å². The Labute approximate surface area is 119 Å². The molecule has 1 heterocycles. The molecule has 3 heteroatoms. The lowest BCUT2D eigenvalue weighted by Gasteiger charge is -2.21. The molecule has 102 valence electrons. The van der Waals surface area contributed by atoms with E-state index in [-0.39, 0.29) is 6.04 Å². The molecule has 1 atom stereocenters. The van der Waals surface area contributed by atoms with Crippen molar-refractivity contribution in [2.75, 3.05) is 13.2 Å². The Morgan fingerprint density at radius 3 is 2.74 bits per heavy atom. The molecule has 0 aliphatic rings. The molecule has 0 spiro atoms. The largest absolute Gasteiger partial charge is 0.494 e. The highest BCUT2D eigenvalue weighted by atomic mass is 32.1. The number of hydrogen-bond acceptors (Lipinski definition) is 3. The third-order valence-electron chi connectivity index (χ3n) is 3.06. The predicted molar refractivity (Wildman–Crippen MR) is 82.2 cm³/mol. The molecule has 2 nitrogen and oxygen atoms in total. The molecule has 0 amide bonds. The molecule has 0 aliphatic carbocycles. The zero-order valence-electron chi connectivity index (χ0n) is 11.8. The molecule has 2 rings (SSSR count). The van der Waals surface area contributed by atoms with Gasteiger partial charge in [0.25, 0.3) is 0 Å². The molecule has 0 bridgehead atoms. The van der Waals surface area contributed by atoms with E-state index in [9.17, 15) is 0 Å². The molecule has 1 unspecified atom stereocenters. The maximum atomic E-state index is 5.78. The third-order valence-corrected chi connectivity index (χ3v) is 3.76. The summed E-state index contributed by atoms with van der Waals surface area (Å²) in [5.41, 5.74) is 3.79. The van der Waals surface area contributed by atoms with E-state index in [1.165, 1.54) is 16.7 Å². The normalized spacial score (nSPS) is 12.4. The highest BCUT2D eigenvalue weighted by Gasteiger charge is 2.18. The van der Waals surface area contributed by atoms with E-state index >= 15 is 0 Å². The Kier molecular flexibility index (Phi) is 5.00. The van der Waals surface area contributed by atoms with Crippen molar-refractivity contribution in [3.8, 4) is 5.75 Å². The average molecular weight is 275 g/mol. The summed E-state index contributed by atoms with van der Waals surface area (Å²) in [7, 11) is 0. The number of ether oxygens (including phenoxy) is 1. The van der Waals surface area contributed by atoms with Crippen LogP contribution in [0.25, 0.3) is 0 Å². The number of rotatable bonds is 6. The second kappa shape index (κ2) is 6.73. The fourth-order valence-electron chi connectivity index (χ4n) is 2.23. The van der Waals surface area contributed by atoms with Gasteiger partial charge in [-0.3, -0.25) is 0 Å². The number of hydrogen-bond donors (Lipinski definition) is 1. The highest BCUT2D eigenvalue weighted by molar-refractivity contribution is 7.08. The predicted octanol–water partition coefficient (Wildman–Crippen LogP) is 4.15. The van der Waals surface area contributed by atoms with Crippen molar-refractivity contribution in [1.29, 1.82) is 0 Å². The number of benzene rings is 1. The van der Waals surface area contributed by atoms with Crippen LogP contribution in [0.1, 0.15) is 36.6 Å². The van der Waals surface area contributed by atoms with E-state index < -0.39 is 0 Å². The second-order valence-electron chi connectivity index (χ2n) is 4.52. The molecule has 0 saturated carbocycles. The van der Waals surface area contributed by atoms with E-state index in [2.05, 4.69) is 54.2 Å². The fraction of sp³-hybridized carbons (Fsp3) is 0.375. The minimum absolute atomic E-state index is 0.206. The van der Waals surface area contributed by atoms with Gasteiger partial charge in [0.15, 0.2) is 0 Å². The molecule has 0 saturated heterocycles. The first-order valence-corrected chi connectivity index (χ1v) is 7.69. The minimum Gasteiger partial charge on any atom is -0.494 e. The summed E-state index contributed by atoms with van der Waals surface area (Å²) >= 11 is 1.73. The van der Waals surface area contributed by atoms with Crippen molar-refractivity contribution in [2.45, 2.75) is 26.8 Å². The van der Waals surface area contributed by atoms with Crippen molar-refractivity contribution in [2.24, 2.45) is 0 Å². The maximum Gasteiger partial charge on any atom is 0.124 e. The number of aryl methyl sites for hydroxylation is 1. The van der Waals surface area contributed by atoms with Crippen LogP contribution in [-0.2, 0) is 0 Å². The Morgan fingerprint density at radius 2 is 2.11 bits per heavy atom. The van der Waals surface area contributed by atoms with Gasteiger partial charge in [-0.05, 0) is 48.8 Å². The second-order valence-corrected chi connectivity index (χ2v) is 5.30. The first kappa shape index (κ1) is 14.1. The molecule has 0 fully saturated rings. The van der Waals surface area contributed by atoms with Crippen LogP contribution >= 0.6 is 11.3 Å². The molecular formula is C16H21NOS. The van der Waals surface area contributed by atoms with Gasteiger partial charge in [0.05, 0.1) is 12.6 Å². The molecular weight excluding hydrogens is 254 g/mol. The van der Waals surface area contributed by atoms with E-state index in [0.29, 0.717) is 6.61 Å². The van der Waals surface area contributed by atoms with Crippen LogP contribution in [0.4, 0.5) is 0 Å². The van der Waals surface area contributed by atoms with Crippen molar-refractivity contribution in [1.82, 2.24) is 5.32 Å². The SMILES string of the molecule is CCNC(c1ccsc1)c1cc(C)ccc1OCC. The van der Waals surface area contributed by atoms with Crippen molar-refractivity contribution < 1.29 is 4.74 Å². The summed E-state index contributed by atoms with van der Waals surface area (Å²) < 4.78 is 5.78. The van der Waals surface area contributed by atoms with Crippen LogP contribution in [0, 0.1) is 6.92 Å². The number of nitrogens with one attached hydrogen (secondary N) is 1. The zero-order chi connectivity index (χ0) is 13.7. The van der Waals surface area contributed by atoms with E-state index in [1.54, 1.807) is 11.3 Å². The Bertz CT molecular complexity index is 507. The van der Waals surface area contributed by atoms with Gasteiger partial charge in [-0.15, -0.1) is 0 Å². The Hall–Kier alpha value is -1.32. The van der Waals surface area contributed by atoms with Crippen molar-refractivity contribution in [3.05, 3.63) is 51.7 Å². The summed E-state index contributed by atoms with van der Waals surface area (Å²) in [6, 6.07) is 8.78. The maximum absolute atomic E-state index is 5.78. The van der Waals surface area contributed by atoms with Gasteiger partial charge in [-0.2, -0.15) is 11.3 Å². The van der Waals surface area contributed by atoms with E-state index in [1.807, 2.05) is 6.92 Å². The van der Waals surface area contributed by atoms with Crippen molar-refractivity contribution in [3.63, 3.8) is 0 Å². The fourth-order valence-corrected chi connectivity index (χ4v) is 2.92. The summed E-state index contributed by atoms with van der Waals surface area (Å²) in [4.78, 5) is 0. The summed E-state index contributed by atoms with van der Waals surface area (Å²) in [5, 5.41) is 7.87. The first-order chi connectivity index (χ1) is 9.26. The summed E-state index contributed by atoms with van der Waals surface area (Å²) in [6.07, 6.45) is 0. The average Bonchev–Trinajstić information content (AvgIpc) is 2.92. The van der Waals surface area contributed by atoms with Gasteiger partial charge in [-0.1, -0.05) is 24.6 Å². The molecule has 0 radical (unpaired) electrons. The van der Waals surface area contributed by atoms with Gasteiger partial charge < -0.3 is 10.1 Å². The summed E-state index contributed by atoms with van der Waals surface area (Å²) in [5.74, 6) is 0.977. The Balaban J connectivity index is 2.43. The Morgan fingerprint density at radius 1 is 1.26 bits per heavy atom. The smallest absolute Gasteiger partial charge is 0.124 e. The standard InChI is InChI=1S/C16H21NOS/c1-4-17-16(13-8-9-19-11-13)14-10-12(3)6-7-15(14)18-5-2/h6-11,16-17H,4-5H2,1-3H3. The molecule has 2 aromatic rings. The molecule has 0 aliphatic heterocycles. The van der Waals surface area contributed by atoms with Crippen LogP contribution in [0.2, 0.25) is 0 Å². The quantitative estimate of drug-likeness (QED) is 0.855. The minimum atomic E-state index is 0.206. The van der Waals surface area contributed by atoms with Gasteiger partial charge in [0.2, 0.25) is 0 Å². The lowest BCUT2D eigenvalue weighted by atomic mass is 9.98. The van der Waals surface area contributed by atoms with Gasteiger partial charge in [0.1, 0.15) is 5.75 Å². The topological polar surface area (TPSA) is 21.3 Å². The molecule has 1 aromatic heterocycles. The van der Waals surface area contributed by atoms with Gasteiger partial charge >= 0.3 is 0 Å². The summed E-state index contributed by atoms with van der Waals surface area (Å²) in [6.45, 7) is 7.90. The van der Waals surface area contributed by atoms with Crippen LogP contribution in [0.15, 0.2) is 35.0 Å². The van der Waals surface area contributed by atoms with Crippen LogP contribution in [-0.4, -0.2) is 13.2 Å². The lowest BCUT2D eigenvalue weighted by Crippen LogP contribution is -2.22. The van der Waals surface area contributed by atoms with Crippen LogP contribution < -0.4 is 10.1 Å². The molecule has 1 N–H and O–H groups in total. The number of thiophene rings is 1. The van der Waals surface area contributed by atoms with Crippen molar-refractivity contribution >= 4 is 11.3 Å². The van der Waals surface area contributed by atoms with Crippen LogP contribution in [0.5, 0.6) is 5.75 Å². The third kappa shape index (κ3) is 3.37.